The molecule has 9 nitrogen and oxygen atoms in total. The van der Waals surface area contributed by atoms with Gasteiger partial charge >= 0.3 is 11.7 Å². The first-order valence-corrected chi connectivity index (χ1v) is 8.17. The Morgan fingerprint density at radius 3 is 2.36 bits per heavy atom. The third-order valence-corrected chi connectivity index (χ3v) is 3.83. The maximum Gasteiger partial charge on any atom is 0.349 e. The van der Waals surface area contributed by atoms with E-state index < -0.39 is 17.2 Å². The molecule has 144 valence electrons. The number of hydrogen-bond acceptors (Lipinski definition) is 7. The van der Waals surface area contributed by atoms with E-state index in [0.29, 0.717) is 16.5 Å². The van der Waals surface area contributed by atoms with Crippen molar-refractivity contribution >= 4 is 23.1 Å². The number of rotatable bonds is 5. The lowest BCUT2D eigenvalue weighted by Gasteiger charge is -2.13. The van der Waals surface area contributed by atoms with Gasteiger partial charge in [-0.3, -0.25) is 9.59 Å². The number of aromatic amines is 1. The molecule has 0 saturated heterocycles. The first kappa shape index (κ1) is 18.9. The highest BCUT2D eigenvalue weighted by atomic mass is 16.6. The first-order chi connectivity index (χ1) is 13.4. The van der Waals surface area contributed by atoms with E-state index in [1.165, 1.54) is 39.5 Å². The van der Waals surface area contributed by atoms with Gasteiger partial charge in [-0.25, -0.2) is 4.79 Å². The number of benzene rings is 2. The number of carbonyl (C=O) groups excluding carboxylic acids is 1. The van der Waals surface area contributed by atoms with Crippen LogP contribution in [0.3, 0.4) is 0 Å². The van der Waals surface area contributed by atoms with E-state index in [4.69, 9.17) is 14.2 Å². The monoisotopic (exact) mass is 383 g/mol. The van der Waals surface area contributed by atoms with Crippen LogP contribution >= 0.6 is 0 Å². The van der Waals surface area contributed by atoms with Crippen LogP contribution in [0.25, 0.3) is 10.9 Å². The van der Waals surface area contributed by atoms with Crippen molar-refractivity contribution in [3.05, 3.63) is 62.8 Å². The number of fused-ring (bicyclic) bond motifs is 1. The second-order valence-corrected chi connectivity index (χ2v) is 5.69. The summed E-state index contributed by atoms with van der Waals surface area (Å²) in [4.78, 5) is 38.6. The Morgan fingerprint density at radius 1 is 1.11 bits per heavy atom. The quantitative estimate of drug-likeness (QED) is 0.406. The predicted molar refractivity (Wildman–Crippen MR) is 103 cm³/mol. The van der Waals surface area contributed by atoms with Crippen LogP contribution in [-0.4, -0.2) is 36.1 Å². The zero-order valence-corrected chi connectivity index (χ0v) is 15.4. The van der Waals surface area contributed by atoms with Gasteiger partial charge < -0.3 is 19.2 Å². The minimum absolute atomic E-state index is 0.121. The zero-order chi connectivity index (χ0) is 20.3. The summed E-state index contributed by atoms with van der Waals surface area (Å²) >= 11 is 0. The molecule has 0 atom stereocenters. The van der Waals surface area contributed by atoms with Crippen LogP contribution in [0.5, 0.6) is 17.2 Å². The average molecular weight is 383 g/mol. The highest BCUT2D eigenvalue weighted by Gasteiger charge is 2.16. The van der Waals surface area contributed by atoms with E-state index >= 15 is 0 Å². The summed E-state index contributed by atoms with van der Waals surface area (Å²) in [6, 6.07) is 9.71. The lowest BCUT2D eigenvalue weighted by Crippen LogP contribution is -2.32. The predicted octanol–water partition coefficient (Wildman–Crippen LogP) is 1.51. The summed E-state index contributed by atoms with van der Waals surface area (Å²) < 4.78 is 16.3. The van der Waals surface area contributed by atoms with Gasteiger partial charge in [0.15, 0.2) is 11.5 Å². The van der Waals surface area contributed by atoms with Crippen LogP contribution in [0.1, 0.15) is 12.5 Å². The molecular weight excluding hydrogens is 366 g/mol. The molecule has 1 heterocycles. The van der Waals surface area contributed by atoms with Crippen LogP contribution in [0.15, 0.2) is 51.1 Å². The van der Waals surface area contributed by atoms with E-state index in [1.54, 1.807) is 24.3 Å². The Bertz CT molecular complexity index is 1170. The van der Waals surface area contributed by atoms with Crippen LogP contribution in [-0.2, 0) is 4.79 Å². The van der Waals surface area contributed by atoms with Crippen molar-refractivity contribution in [3.8, 4) is 17.2 Å². The summed E-state index contributed by atoms with van der Waals surface area (Å²) in [5.74, 6) is 0.0502. The van der Waals surface area contributed by atoms with Gasteiger partial charge in [0.1, 0.15) is 0 Å². The highest BCUT2D eigenvalue weighted by Crippen LogP contribution is 2.38. The molecule has 0 saturated carbocycles. The molecule has 0 aliphatic rings. The van der Waals surface area contributed by atoms with Crippen molar-refractivity contribution in [2.24, 2.45) is 5.10 Å². The van der Waals surface area contributed by atoms with Crippen molar-refractivity contribution in [2.45, 2.75) is 6.92 Å². The molecule has 0 bridgehead atoms. The minimum atomic E-state index is -0.671. The van der Waals surface area contributed by atoms with E-state index in [1.807, 2.05) is 0 Å². The summed E-state index contributed by atoms with van der Waals surface area (Å²) in [6.45, 7) is 1.26. The van der Waals surface area contributed by atoms with Gasteiger partial charge in [-0.2, -0.15) is 5.10 Å². The number of ether oxygens (including phenoxy) is 3. The Hall–Kier alpha value is -3.88. The van der Waals surface area contributed by atoms with Gasteiger partial charge in [0.05, 0.1) is 31.3 Å². The minimum Gasteiger partial charge on any atom is -0.493 e. The fourth-order valence-corrected chi connectivity index (χ4v) is 2.60. The number of esters is 1. The van der Waals surface area contributed by atoms with Gasteiger partial charge in [-0.05, 0) is 24.3 Å². The maximum absolute atomic E-state index is 12.5. The first-order valence-electron chi connectivity index (χ1n) is 8.17. The van der Waals surface area contributed by atoms with Crippen molar-refractivity contribution in [1.82, 2.24) is 9.66 Å². The number of methoxy groups -OCH3 is 2. The molecule has 0 unspecified atom stereocenters. The topological polar surface area (TPSA) is 112 Å². The average Bonchev–Trinajstić information content (AvgIpc) is 2.68. The third kappa shape index (κ3) is 3.63. The number of hydrogen-bond donors (Lipinski definition) is 1. The molecule has 0 aliphatic heterocycles. The Labute approximate surface area is 158 Å². The fraction of sp³-hybridized carbons (Fsp3) is 0.158. The standard InChI is InChI=1S/C19H17N3O6/c1-11(23)28-17-15(26-2)8-12(9-16(17)27-3)10-20-22-18(24)13-6-4-5-7-14(13)21-19(22)25/h4-10H,1-3H3,(H,21,25). The molecule has 2 aromatic carbocycles. The van der Waals surface area contributed by atoms with Crippen LogP contribution in [0, 0.1) is 0 Å². The molecule has 9 heteroatoms. The molecule has 0 aliphatic carbocycles. The molecule has 3 rings (SSSR count). The Kier molecular flexibility index (Phi) is 5.25. The number of para-hydroxylation sites is 1. The second kappa shape index (κ2) is 7.78. The summed E-state index contributed by atoms with van der Waals surface area (Å²) in [7, 11) is 2.81. The van der Waals surface area contributed by atoms with Crippen molar-refractivity contribution in [1.29, 1.82) is 0 Å². The van der Waals surface area contributed by atoms with E-state index in [9.17, 15) is 14.4 Å². The van der Waals surface area contributed by atoms with Gasteiger partial charge in [-0.1, -0.05) is 12.1 Å². The van der Waals surface area contributed by atoms with Gasteiger partial charge in [0, 0.05) is 12.5 Å². The van der Waals surface area contributed by atoms with E-state index in [0.717, 1.165) is 4.68 Å². The summed E-state index contributed by atoms with van der Waals surface area (Å²) in [5.41, 5.74) is -0.330. The molecule has 0 radical (unpaired) electrons. The van der Waals surface area contributed by atoms with Crippen molar-refractivity contribution in [3.63, 3.8) is 0 Å². The van der Waals surface area contributed by atoms with E-state index in [-0.39, 0.29) is 17.2 Å². The van der Waals surface area contributed by atoms with Gasteiger partial charge in [0.25, 0.3) is 5.56 Å². The molecule has 0 fully saturated rings. The third-order valence-electron chi connectivity index (χ3n) is 3.83. The number of aromatic nitrogens is 2. The lowest BCUT2D eigenvalue weighted by molar-refractivity contribution is -0.132. The zero-order valence-electron chi connectivity index (χ0n) is 15.4. The molecule has 1 N–H and O–H groups in total. The molecule has 0 spiro atoms. The highest BCUT2D eigenvalue weighted by molar-refractivity contribution is 5.83. The summed E-state index contributed by atoms with van der Waals surface area (Å²) in [6.07, 6.45) is 1.30. The largest absolute Gasteiger partial charge is 0.493 e. The number of nitrogens with one attached hydrogen (secondary N) is 1. The van der Waals surface area contributed by atoms with Crippen LogP contribution in [0.2, 0.25) is 0 Å². The summed E-state index contributed by atoms with van der Waals surface area (Å²) in [5, 5.41) is 4.32. The Morgan fingerprint density at radius 2 is 1.75 bits per heavy atom. The van der Waals surface area contributed by atoms with Crippen LogP contribution in [0.4, 0.5) is 0 Å². The number of carbonyl (C=O) groups is 1. The van der Waals surface area contributed by atoms with Gasteiger partial charge in [0.2, 0.25) is 5.75 Å². The SMILES string of the molecule is COc1cc(C=Nn2c(=O)[nH]c3ccccc3c2=O)cc(OC)c1OC(C)=O. The van der Waals surface area contributed by atoms with Crippen LogP contribution < -0.4 is 25.5 Å². The van der Waals surface area contributed by atoms with E-state index in [2.05, 4.69) is 10.1 Å². The normalized spacial score (nSPS) is 11.0. The Balaban J connectivity index is 2.08. The second-order valence-electron chi connectivity index (χ2n) is 5.69. The molecule has 28 heavy (non-hydrogen) atoms. The van der Waals surface area contributed by atoms with Crippen molar-refractivity contribution < 1.29 is 19.0 Å². The fourth-order valence-electron chi connectivity index (χ4n) is 2.60. The molecule has 1 aromatic heterocycles. The number of H-pyrrole nitrogens is 1. The number of nitrogens with zero attached hydrogens (tertiary/aromatic N) is 2. The van der Waals surface area contributed by atoms with Crippen molar-refractivity contribution in [2.75, 3.05) is 14.2 Å². The van der Waals surface area contributed by atoms with Gasteiger partial charge in [-0.15, -0.1) is 4.68 Å². The maximum atomic E-state index is 12.5. The molecule has 0 amide bonds. The smallest absolute Gasteiger partial charge is 0.349 e. The molecule has 3 aromatic rings. The lowest BCUT2D eigenvalue weighted by atomic mass is 10.2. The molecular formula is C19H17N3O6.